The van der Waals surface area contributed by atoms with Gasteiger partial charge in [0.1, 0.15) is 0 Å². The maximum absolute atomic E-state index is 10.2. The minimum atomic E-state index is -0.280. The highest BCUT2D eigenvalue weighted by atomic mass is 16.5. The molecule has 4 heteroatoms. The molecule has 4 atom stereocenters. The molecule has 22 heavy (non-hydrogen) atoms. The fourth-order valence-corrected chi connectivity index (χ4v) is 4.90. The van der Waals surface area contributed by atoms with Crippen molar-refractivity contribution in [3.63, 3.8) is 0 Å². The van der Waals surface area contributed by atoms with Crippen LogP contribution in [0.2, 0.25) is 0 Å². The van der Waals surface area contributed by atoms with E-state index in [0.29, 0.717) is 23.5 Å². The Kier molecular flexibility index (Phi) is 4.84. The van der Waals surface area contributed by atoms with Gasteiger partial charge in [-0.25, -0.2) is 0 Å². The van der Waals surface area contributed by atoms with Crippen LogP contribution in [0.5, 0.6) is 0 Å². The molecule has 0 spiro atoms. The van der Waals surface area contributed by atoms with Crippen molar-refractivity contribution in [2.24, 2.45) is 16.7 Å². The lowest BCUT2D eigenvalue weighted by molar-refractivity contribution is -0.0583. The molecule has 3 aliphatic rings. The summed E-state index contributed by atoms with van der Waals surface area (Å²) < 4.78 is 11.6. The summed E-state index contributed by atoms with van der Waals surface area (Å²) in [4.78, 5) is 2.29. The van der Waals surface area contributed by atoms with Crippen LogP contribution in [0.1, 0.15) is 46.5 Å². The van der Waals surface area contributed by atoms with Crippen molar-refractivity contribution in [2.75, 3.05) is 39.5 Å². The largest absolute Gasteiger partial charge is 0.392 e. The highest BCUT2D eigenvalue weighted by molar-refractivity contribution is 5.11. The first-order valence-corrected chi connectivity index (χ1v) is 9.03. The molecule has 1 saturated heterocycles. The zero-order valence-corrected chi connectivity index (χ0v) is 14.5. The maximum Gasteiger partial charge on any atom is 0.0689 e. The first-order chi connectivity index (χ1) is 10.4. The Morgan fingerprint density at radius 3 is 2.59 bits per heavy atom. The molecule has 0 aromatic carbocycles. The monoisotopic (exact) mass is 311 g/mol. The zero-order valence-electron chi connectivity index (χ0n) is 14.5. The second-order valence-corrected chi connectivity index (χ2v) is 8.33. The Balaban J connectivity index is 1.40. The number of rotatable bonds is 6. The molecule has 1 heterocycles. The average Bonchev–Trinajstić information content (AvgIpc) is 2.81. The number of aliphatic hydroxyl groups is 1. The molecule has 3 fully saturated rings. The average molecular weight is 311 g/mol. The van der Waals surface area contributed by atoms with Crippen molar-refractivity contribution < 1.29 is 14.6 Å². The smallest absolute Gasteiger partial charge is 0.0689 e. The van der Waals surface area contributed by atoms with Crippen LogP contribution < -0.4 is 0 Å². The van der Waals surface area contributed by atoms with Gasteiger partial charge in [0.2, 0.25) is 0 Å². The molecule has 0 radical (unpaired) electrons. The van der Waals surface area contributed by atoms with E-state index < -0.39 is 0 Å². The molecule has 0 aromatic rings. The van der Waals surface area contributed by atoms with Crippen LogP contribution >= 0.6 is 0 Å². The molecular weight excluding hydrogens is 278 g/mol. The van der Waals surface area contributed by atoms with Gasteiger partial charge in [0, 0.05) is 26.2 Å². The van der Waals surface area contributed by atoms with Crippen LogP contribution in [0.25, 0.3) is 0 Å². The van der Waals surface area contributed by atoms with Gasteiger partial charge in [0.05, 0.1) is 25.4 Å². The second kappa shape index (κ2) is 6.39. The molecule has 2 bridgehead atoms. The van der Waals surface area contributed by atoms with E-state index in [1.807, 2.05) is 0 Å². The van der Waals surface area contributed by atoms with Gasteiger partial charge in [-0.3, -0.25) is 4.90 Å². The number of aliphatic hydroxyl groups excluding tert-OH is 1. The number of morpholine rings is 1. The van der Waals surface area contributed by atoms with Crippen molar-refractivity contribution in [3.8, 4) is 0 Å². The third-order valence-corrected chi connectivity index (χ3v) is 7.06. The van der Waals surface area contributed by atoms with Gasteiger partial charge >= 0.3 is 0 Å². The summed E-state index contributed by atoms with van der Waals surface area (Å²) in [5.74, 6) is 0.820. The molecule has 1 aliphatic heterocycles. The molecule has 128 valence electrons. The second-order valence-electron chi connectivity index (χ2n) is 8.33. The van der Waals surface area contributed by atoms with Crippen LogP contribution in [0.4, 0.5) is 0 Å². The quantitative estimate of drug-likeness (QED) is 0.817. The van der Waals surface area contributed by atoms with E-state index in [0.717, 1.165) is 45.2 Å². The molecular formula is C18H33NO3. The lowest BCUT2D eigenvalue weighted by Gasteiger charge is -2.39. The van der Waals surface area contributed by atoms with Crippen LogP contribution in [0, 0.1) is 16.7 Å². The van der Waals surface area contributed by atoms with Gasteiger partial charge < -0.3 is 14.6 Å². The summed E-state index contributed by atoms with van der Waals surface area (Å²) >= 11 is 0. The number of nitrogens with zero attached hydrogens (tertiary/aromatic N) is 1. The summed E-state index contributed by atoms with van der Waals surface area (Å²) in [6.07, 6.45) is 4.72. The fourth-order valence-electron chi connectivity index (χ4n) is 4.90. The third-order valence-electron chi connectivity index (χ3n) is 7.06. The minimum Gasteiger partial charge on any atom is -0.392 e. The Labute approximate surface area is 135 Å². The lowest BCUT2D eigenvalue weighted by atomic mass is 9.70. The molecule has 0 aromatic heterocycles. The van der Waals surface area contributed by atoms with Gasteiger partial charge in [0.15, 0.2) is 0 Å². The summed E-state index contributed by atoms with van der Waals surface area (Å²) in [5.41, 5.74) is 0.733. The molecule has 4 nitrogen and oxygen atoms in total. The summed E-state index contributed by atoms with van der Waals surface area (Å²) in [7, 11) is 0. The van der Waals surface area contributed by atoms with E-state index >= 15 is 0 Å². The number of fused-ring (bicyclic) bond motifs is 2. The first-order valence-electron chi connectivity index (χ1n) is 9.03. The van der Waals surface area contributed by atoms with Crippen LogP contribution in [0.3, 0.4) is 0 Å². The standard InChI is InChI=1S/C18H33NO3/c1-17(2)14-4-6-18(17,3)16(12-14)22-9-5-15(20)13-19-7-10-21-11-8-19/h14-16,20H,4-13H2,1-3H3/t14-,15-,16-,18-/m0/s1. The predicted molar refractivity (Wildman–Crippen MR) is 86.9 cm³/mol. The normalized spacial score (nSPS) is 39.3. The van der Waals surface area contributed by atoms with Crippen molar-refractivity contribution in [1.82, 2.24) is 4.90 Å². The number of hydrogen-bond donors (Lipinski definition) is 1. The summed E-state index contributed by atoms with van der Waals surface area (Å²) in [6.45, 7) is 12.2. The number of hydrogen-bond acceptors (Lipinski definition) is 4. The van der Waals surface area contributed by atoms with Crippen molar-refractivity contribution in [2.45, 2.75) is 58.7 Å². The van der Waals surface area contributed by atoms with E-state index in [1.165, 1.54) is 19.3 Å². The van der Waals surface area contributed by atoms with Gasteiger partial charge in [-0.15, -0.1) is 0 Å². The lowest BCUT2D eigenvalue weighted by Crippen LogP contribution is -2.41. The zero-order chi connectivity index (χ0) is 15.8. The topological polar surface area (TPSA) is 41.9 Å². The van der Waals surface area contributed by atoms with Crippen molar-refractivity contribution in [3.05, 3.63) is 0 Å². The van der Waals surface area contributed by atoms with E-state index in [4.69, 9.17) is 9.47 Å². The van der Waals surface area contributed by atoms with E-state index in [9.17, 15) is 5.11 Å². The number of β-amino-alcohol motifs (C(OH)–C–C–N with tert-alkyl or cyclic N) is 1. The van der Waals surface area contributed by atoms with Crippen molar-refractivity contribution in [1.29, 1.82) is 0 Å². The summed E-state index contributed by atoms with van der Waals surface area (Å²) in [5, 5.41) is 10.2. The highest BCUT2D eigenvalue weighted by Gasteiger charge is 2.61. The van der Waals surface area contributed by atoms with Gasteiger partial charge in [0.25, 0.3) is 0 Å². The molecule has 2 saturated carbocycles. The molecule has 2 aliphatic carbocycles. The van der Waals surface area contributed by atoms with Gasteiger partial charge in [-0.2, -0.15) is 0 Å². The fraction of sp³-hybridized carbons (Fsp3) is 1.00. The Morgan fingerprint density at radius 2 is 2.00 bits per heavy atom. The SMILES string of the molecule is CC1(C)[C@H]2CC[C@@]1(C)[C@@H](OCC[C@H](O)CN1CCOCC1)C2. The highest BCUT2D eigenvalue weighted by Crippen LogP contribution is 2.66. The number of ether oxygens (including phenoxy) is 2. The van der Waals surface area contributed by atoms with E-state index in [2.05, 4.69) is 25.7 Å². The Hall–Kier alpha value is -0.160. The van der Waals surface area contributed by atoms with E-state index in [-0.39, 0.29) is 6.10 Å². The van der Waals surface area contributed by atoms with E-state index in [1.54, 1.807) is 0 Å². The Morgan fingerprint density at radius 1 is 1.27 bits per heavy atom. The third kappa shape index (κ3) is 2.95. The van der Waals surface area contributed by atoms with Crippen molar-refractivity contribution >= 4 is 0 Å². The van der Waals surface area contributed by atoms with Gasteiger partial charge in [-0.1, -0.05) is 20.8 Å². The van der Waals surface area contributed by atoms with Crippen LogP contribution in [-0.2, 0) is 9.47 Å². The molecule has 3 rings (SSSR count). The molecule has 1 N–H and O–H groups in total. The van der Waals surface area contributed by atoms with Gasteiger partial charge in [-0.05, 0) is 42.4 Å². The van der Waals surface area contributed by atoms with Crippen LogP contribution in [0.15, 0.2) is 0 Å². The summed E-state index contributed by atoms with van der Waals surface area (Å²) in [6, 6.07) is 0. The van der Waals surface area contributed by atoms with Crippen LogP contribution in [-0.4, -0.2) is 61.7 Å². The molecule has 0 amide bonds. The Bertz CT molecular complexity index is 381. The molecule has 0 unspecified atom stereocenters. The maximum atomic E-state index is 10.2. The predicted octanol–water partition coefficient (Wildman–Crippen LogP) is 2.30. The minimum absolute atomic E-state index is 0.280. The first kappa shape index (κ1) is 16.7.